The highest BCUT2D eigenvalue weighted by Crippen LogP contribution is 2.30. The van der Waals surface area contributed by atoms with Gasteiger partial charge in [0.1, 0.15) is 11.5 Å². The van der Waals surface area contributed by atoms with Crippen molar-refractivity contribution in [3.05, 3.63) is 34.9 Å². The van der Waals surface area contributed by atoms with Crippen molar-refractivity contribution in [2.45, 2.75) is 20.3 Å². The second-order valence-electron chi connectivity index (χ2n) is 3.60. The van der Waals surface area contributed by atoms with E-state index in [1.807, 2.05) is 19.9 Å². The lowest BCUT2D eigenvalue weighted by Gasteiger charge is -2.06. The number of phenolic OH excluding ortho intramolecular Hbond substituents is 2. The molecule has 0 spiro atoms. The fourth-order valence-corrected chi connectivity index (χ4v) is 1.25. The summed E-state index contributed by atoms with van der Waals surface area (Å²) < 4.78 is 0. The summed E-state index contributed by atoms with van der Waals surface area (Å²) in [4.78, 5) is 10.6. The maximum atomic E-state index is 10.6. The number of allylic oxidation sites excluding steroid dienone is 2. The number of aldehydes is 1. The van der Waals surface area contributed by atoms with Crippen LogP contribution in [0.25, 0.3) is 0 Å². The van der Waals surface area contributed by atoms with E-state index in [0.29, 0.717) is 18.3 Å². The van der Waals surface area contributed by atoms with E-state index in [9.17, 15) is 15.0 Å². The van der Waals surface area contributed by atoms with Crippen molar-refractivity contribution in [3.8, 4) is 11.5 Å². The molecule has 0 aromatic heterocycles. The van der Waals surface area contributed by atoms with Gasteiger partial charge in [0.15, 0.2) is 6.29 Å². The fourth-order valence-electron chi connectivity index (χ4n) is 1.25. The Morgan fingerprint density at radius 3 is 2.53 bits per heavy atom. The Hall–Kier alpha value is -1.77. The van der Waals surface area contributed by atoms with Gasteiger partial charge in [0.05, 0.1) is 5.56 Å². The molecule has 1 aromatic carbocycles. The summed E-state index contributed by atoms with van der Waals surface area (Å²) in [7, 11) is 0. The van der Waals surface area contributed by atoms with Crippen LogP contribution in [-0.2, 0) is 6.42 Å². The molecule has 0 saturated carbocycles. The monoisotopic (exact) mass is 206 g/mol. The first kappa shape index (κ1) is 11.3. The first-order valence-corrected chi connectivity index (χ1v) is 4.68. The Balaban J connectivity index is 3.15. The number of hydrogen-bond acceptors (Lipinski definition) is 3. The molecule has 0 amide bonds. The molecule has 0 aliphatic carbocycles. The molecule has 1 rings (SSSR count). The van der Waals surface area contributed by atoms with Crippen molar-refractivity contribution in [2.75, 3.05) is 0 Å². The predicted octanol–water partition coefficient (Wildman–Crippen LogP) is 2.42. The Morgan fingerprint density at radius 1 is 1.33 bits per heavy atom. The summed E-state index contributed by atoms with van der Waals surface area (Å²) in [5.41, 5.74) is 1.68. The zero-order valence-corrected chi connectivity index (χ0v) is 8.82. The van der Waals surface area contributed by atoms with E-state index in [2.05, 4.69) is 0 Å². The molecule has 3 nitrogen and oxygen atoms in total. The van der Waals surface area contributed by atoms with E-state index in [1.54, 1.807) is 0 Å². The summed E-state index contributed by atoms with van der Waals surface area (Å²) in [6.45, 7) is 3.86. The van der Waals surface area contributed by atoms with E-state index in [-0.39, 0.29) is 17.1 Å². The van der Waals surface area contributed by atoms with Gasteiger partial charge in [-0.25, -0.2) is 0 Å². The Labute approximate surface area is 88.7 Å². The second kappa shape index (κ2) is 4.64. The third-order valence-corrected chi connectivity index (χ3v) is 2.13. The third kappa shape index (κ3) is 2.59. The summed E-state index contributed by atoms with van der Waals surface area (Å²) in [5.74, 6) is -0.127. The highest BCUT2D eigenvalue weighted by molar-refractivity contribution is 5.80. The molecule has 0 heterocycles. The lowest BCUT2D eigenvalue weighted by molar-refractivity contribution is 0.112. The molecule has 80 valence electrons. The number of hydrogen-bond donors (Lipinski definition) is 2. The maximum absolute atomic E-state index is 10.6. The lowest BCUT2D eigenvalue weighted by atomic mass is 10.0. The summed E-state index contributed by atoms with van der Waals surface area (Å²) >= 11 is 0. The van der Waals surface area contributed by atoms with Crippen molar-refractivity contribution >= 4 is 6.29 Å². The summed E-state index contributed by atoms with van der Waals surface area (Å²) in [5, 5.41) is 19.2. The van der Waals surface area contributed by atoms with E-state index < -0.39 is 0 Å². The zero-order chi connectivity index (χ0) is 11.4. The molecule has 0 aliphatic rings. The van der Waals surface area contributed by atoms with Crippen LogP contribution in [0.5, 0.6) is 11.5 Å². The molecular formula is C12H14O3. The van der Waals surface area contributed by atoms with Gasteiger partial charge < -0.3 is 10.2 Å². The molecular weight excluding hydrogens is 192 g/mol. The van der Waals surface area contributed by atoms with Crippen molar-refractivity contribution < 1.29 is 15.0 Å². The highest BCUT2D eigenvalue weighted by Gasteiger charge is 2.10. The van der Waals surface area contributed by atoms with Crippen molar-refractivity contribution in [1.29, 1.82) is 0 Å². The summed E-state index contributed by atoms with van der Waals surface area (Å²) in [6.07, 6.45) is 2.87. The first-order chi connectivity index (χ1) is 7.06. The Morgan fingerprint density at radius 2 is 2.00 bits per heavy atom. The van der Waals surface area contributed by atoms with Gasteiger partial charge in [-0.1, -0.05) is 11.6 Å². The average Bonchev–Trinajstić information content (AvgIpc) is 2.17. The van der Waals surface area contributed by atoms with Crippen LogP contribution in [0.4, 0.5) is 0 Å². The van der Waals surface area contributed by atoms with Gasteiger partial charge in [-0.15, -0.1) is 0 Å². The van der Waals surface area contributed by atoms with Gasteiger partial charge in [0.2, 0.25) is 0 Å². The van der Waals surface area contributed by atoms with Gasteiger partial charge in [0, 0.05) is 5.56 Å². The Bertz CT molecular complexity index is 402. The van der Waals surface area contributed by atoms with Crippen molar-refractivity contribution in [2.24, 2.45) is 0 Å². The molecule has 1 aromatic rings. The average molecular weight is 206 g/mol. The normalized spacial score (nSPS) is 9.73. The van der Waals surface area contributed by atoms with Crippen LogP contribution in [0.15, 0.2) is 23.8 Å². The minimum absolute atomic E-state index is 0.00981. The molecule has 0 radical (unpaired) electrons. The maximum Gasteiger partial charge on any atom is 0.153 e. The quantitative estimate of drug-likeness (QED) is 0.589. The summed E-state index contributed by atoms with van der Waals surface area (Å²) in [6, 6.07) is 2.81. The minimum Gasteiger partial charge on any atom is -0.508 e. The molecule has 0 atom stereocenters. The molecule has 2 N–H and O–H groups in total. The van der Waals surface area contributed by atoms with Crippen LogP contribution in [-0.4, -0.2) is 16.5 Å². The predicted molar refractivity (Wildman–Crippen MR) is 58.3 cm³/mol. The van der Waals surface area contributed by atoms with E-state index >= 15 is 0 Å². The molecule has 3 heteroatoms. The number of benzene rings is 1. The van der Waals surface area contributed by atoms with Gasteiger partial charge >= 0.3 is 0 Å². The van der Waals surface area contributed by atoms with Crippen LogP contribution >= 0.6 is 0 Å². The van der Waals surface area contributed by atoms with Crippen LogP contribution in [0.2, 0.25) is 0 Å². The molecule has 15 heavy (non-hydrogen) atoms. The fraction of sp³-hybridized carbons (Fsp3) is 0.250. The van der Waals surface area contributed by atoms with Crippen molar-refractivity contribution in [1.82, 2.24) is 0 Å². The van der Waals surface area contributed by atoms with Crippen LogP contribution < -0.4 is 0 Å². The lowest BCUT2D eigenvalue weighted by Crippen LogP contribution is -1.90. The number of phenols is 2. The van der Waals surface area contributed by atoms with Gasteiger partial charge in [-0.3, -0.25) is 4.79 Å². The van der Waals surface area contributed by atoms with Crippen LogP contribution in [0.3, 0.4) is 0 Å². The molecule has 0 fully saturated rings. The smallest absolute Gasteiger partial charge is 0.153 e. The molecule has 0 aliphatic heterocycles. The van der Waals surface area contributed by atoms with Gasteiger partial charge in [-0.2, -0.15) is 0 Å². The number of carbonyl (C=O) groups is 1. The molecule has 0 unspecified atom stereocenters. The standard InChI is InChI=1S/C12H14O3/c1-8(2)3-5-10-11(14)6-4-9(7-13)12(10)15/h3-4,6-7,14-15H,5H2,1-2H3. The van der Waals surface area contributed by atoms with Crippen LogP contribution in [0.1, 0.15) is 29.8 Å². The van der Waals surface area contributed by atoms with Crippen LogP contribution in [0, 0.1) is 0 Å². The molecule has 0 bridgehead atoms. The SMILES string of the molecule is CC(C)=CCc1c(O)ccc(C=O)c1O. The number of rotatable bonds is 3. The van der Waals surface area contributed by atoms with E-state index in [0.717, 1.165) is 5.57 Å². The topological polar surface area (TPSA) is 57.5 Å². The highest BCUT2D eigenvalue weighted by atomic mass is 16.3. The van der Waals surface area contributed by atoms with Crippen molar-refractivity contribution in [3.63, 3.8) is 0 Å². The zero-order valence-electron chi connectivity index (χ0n) is 8.82. The Kier molecular flexibility index (Phi) is 3.50. The largest absolute Gasteiger partial charge is 0.508 e. The van der Waals surface area contributed by atoms with Gasteiger partial charge in [0.25, 0.3) is 0 Å². The van der Waals surface area contributed by atoms with Gasteiger partial charge in [-0.05, 0) is 32.4 Å². The third-order valence-electron chi connectivity index (χ3n) is 2.13. The second-order valence-corrected chi connectivity index (χ2v) is 3.60. The molecule has 0 saturated heterocycles. The van der Waals surface area contributed by atoms with E-state index in [1.165, 1.54) is 12.1 Å². The van der Waals surface area contributed by atoms with E-state index in [4.69, 9.17) is 0 Å². The first-order valence-electron chi connectivity index (χ1n) is 4.68. The minimum atomic E-state index is -0.137. The number of aromatic hydroxyl groups is 2. The number of carbonyl (C=O) groups excluding carboxylic acids is 1.